The molecular formula is C14H23N3O. The van der Waals surface area contributed by atoms with Crippen LogP contribution in [0.5, 0.6) is 0 Å². The van der Waals surface area contributed by atoms with Crippen LogP contribution in [0.1, 0.15) is 19.3 Å². The van der Waals surface area contributed by atoms with Crippen molar-refractivity contribution in [2.24, 2.45) is 5.41 Å². The second kappa shape index (κ2) is 4.67. The summed E-state index contributed by atoms with van der Waals surface area (Å²) in [6.07, 6.45) is 7.75. The molecule has 18 heavy (non-hydrogen) atoms. The Kier molecular flexibility index (Phi) is 3.16. The molecule has 3 aliphatic heterocycles. The third-order valence-electron chi connectivity index (χ3n) is 4.85. The Balaban J connectivity index is 1.61. The molecular weight excluding hydrogens is 226 g/mol. The predicted octanol–water partition coefficient (Wildman–Crippen LogP) is 0.459. The summed E-state index contributed by atoms with van der Waals surface area (Å²) in [6, 6.07) is -0.0635. The maximum absolute atomic E-state index is 12.3. The van der Waals surface area contributed by atoms with Gasteiger partial charge in [-0.15, -0.1) is 0 Å². The van der Waals surface area contributed by atoms with Gasteiger partial charge in [-0.05, 0) is 44.8 Å². The maximum Gasteiger partial charge on any atom is 0.243 e. The number of carbonyl (C=O) groups is 1. The minimum absolute atomic E-state index is 0.0635. The minimum atomic E-state index is -0.0635. The molecule has 0 bridgehead atoms. The highest BCUT2D eigenvalue weighted by Crippen LogP contribution is 2.40. The van der Waals surface area contributed by atoms with E-state index in [0.29, 0.717) is 5.41 Å². The Morgan fingerprint density at radius 2 is 2.00 bits per heavy atom. The number of nitrogens with zero attached hydrogens (tertiary/aromatic N) is 2. The highest BCUT2D eigenvalue weighted by Gasteiger charge is 2.42. The normalized spacial score (nSPS) is 31.4. The standard InChI is InChI=1S/C14H23N3O/c1-16-8-4-14(5-9-16)6-10-17(11-14)13(18)12-3-2-7-15-12/h2-3,12,15H,4-11H2,1H3. The van der Waals surface area contributed by atoms with Crippen LogP contribution in [-0.2, 0) is 4.79 Å². The Morgan fingerprint density at radius 3 is 2.67 bits per heavy atom. The molecule has 100 valence electrons. The van der Waals surface area contributed by atoms with Gasteiger partial charge in [-0.1, -0.05) is 12.2 Å². The number of piperidine rings is 1. The van der Waals surface area contributed by atoms with Gasteiger partial charge in [0.2, 0.25) is 5.91 Å². The number of hydrogen-bond donors (Lipinski definition) is 1. The average molecular weight is 249 g/mol. The van der Waals surface area contributed by atoms with Crippen molar-refractivity contribution in [1.82, 2.24) is 15.1 Å². The van der Waals surface area contributed by atoms with Gasteiger partial charge in [0.15, 0.2) is 0 Å². The minimum Gasteiger partial charge on any atom is -0.340 e. The molecule has 1 atom stereocenters. The summed E-state index contributed by atoms with van der Waals surface area (Å²) >= 11 is 0. The van der Waals surface area contributed by atoms with E-state index in [-0.39, 0.29) is 11.9 Å². The van der Waals surface area contributed by atoms with Crippen molar-refractivity contribution in [2.75, 3.05) is 39.8 Å². The molecule has 1 amide bonds. The van der Waals surface area contributed by atoms with E-state index in [9.17, 15) is 4.79 Å². The molecule has 0 aliphatic carbocycles. The van der Waals surface area contributed by atoms with E-state index in [1.54, 1.807) is 0 Å². The van der Waals surface area contributed by atoms with Gasteiger partial charge in [-0.2, -0.15) is 0 Å². The van der Waals surface area contributed by atoms with E-state index in [1.807, 2.05) is 12.2 Å². The lowest BCUT2D eigenvalue weighted by Gasteiger charge is -2.37. The highest BCUT2D eigenvalue weighted by atomic mass is 16.2. The fourth-order valence-corrected chi connectivity index (χ4v) is 3.46. The SMILES string of the molecule is CN1CCC2(CC1)CCN(C(=O)C1C=CCN1)C2. The van der Waals surface area contributed by atoms with Crippen LogP contribution in [-0.4, -0.2) is 61.5 Å². The third kappa shape index (κ3) is 2.19. The van der Waals surface area contributed by atoms with Gasteiger partial charge in [0.25, 0.3) is 0 Å². The summed E-state index contributed by atoms with van der Waals surface area (Å²) in [5.41, 5.74) is 0.421. The predicted molar refractivity (Wildman–Crippen MR) is 71.3 cm³/mol. The second-order valence-electron chi connectivity index (χ2n) is 6.13. The molecule has 3 rings (SSSR count). The fourth-order valence-electron chi connectivity index (χ4n) is 3.46. The first kappa shape index (κ1) is 12.2. The van der Waals surface area contributed by atoms with Crippen molar-refractivity contribution in [3.63, 3.8) is 0 Å². The van der Waals surface area contributed by atoms with Crippen molar-refractivity contribution in [2.45, 2.75) is 25.3 Å². The molecule has 3 heterocycles. The molecule has 2 saturated heterocycles. The number of amides is 1. The van der Waals surface area contributed by atoms with Crippen LogP contribution in [0.3, 0.4) is 0 Å². The Hall–Kier alpha value is -0.870. The van der Waals surface area contributed by atoms with Gasteiger partial charge in [0, 0.05) is 19.6 Å². The van der Waals surface area contributed by atoms with E-state index in [0.717, 1.165) is 19.6 Å². The molecule has 0 aromatic rings. The first-order chi connectivity index (χ1) is 8.69. The van der Waals surface area contributed by atoms with E-state index in [2.05, 4.69) is 22.2 Å². The number of rotatable bonds is 1. The van der Waals surface area contributed by atoms with E-state index < -0.39 is 0 Å². The largest absolute Gasteiger partial charge is 0.340 e. The molecule has 3 aliphatic rings. The van der Waals surface area contributed by atoms with Crippen LogP contribution in [0.25, 0.3) is 0 Å². The van der Waals surface area contributed by atoms with Crippen LogP contribution in [0.4, 0.5) is 0 Å². The molecule has 0 aromatic carbocycles. The van der Waals surface area contributed by atoms with Crippen molar-refractivity contribution < 1.29 is 4.79 Å². The summed E-state index contributed by atoms with van der Waals surface area (Å²) in [5.74, 6) is 0.277. The third-order valence-corrected chi connectivity index (χ3v) is 4.85. The second-order valence-corrected chi connectivity index (χ2v) is 6.13. The number of nitrogens with one attached hydrogen (secondary N) is 1. The number of hydrogen-bond acceptors (Lipinski definition) is 3. The summed E-state index contributed by atoms with van der Waals surface area (Å²) in [6.45, 7) is 5.13. The lowest BCUT2D eigenvalue weighted by Crippen LogP contribution is -2.45. The molecule has 2 fully saturated rings. The lowest BCUT2D eigenvalue weighted by atomic mass is 9.78. The average Bonchev–Trinajstić information content (AvgIpc) is 3.03. The van der Waals surface area contributed by atoms with Crippen molar-refractivity contribution in [3.8, 4) is 0 Å². The van der Waals surface area contributed by atoms with Gasteiger partial charge in [-0.3, -0.25) is 10.1 Å². The van der Waals surface area contributed by atoms with Crippen LogP contribution < -0.4 is 5.32 Å². The number of likely N-dealkylation sites (tertiary alicyclic amines) is 2. The van der Waals surface area contributed by atoms with Crippen LogP contribution in [0.15, 0.2) is 12.2 Å². The van der Waals surface area contributed by atoms with Crippen LogP contribution in [0, 0.1) is 5.41 Å². The van der Waals surface area contributed by atoms with E-state index >= 15 is 0 Å². The van der Waals surface area contributed by atoms with Gasteiger partial charge in [0.1, 0.15) is 6.04 Å². The monoisotopic (exact) mass is 249 g/mol. The zero-order chi connectivity index (χ0) is 12.6. The Morgan fingerprint density at radius 1 is 1.28 bits per heavy atom. The van der Waals surface area contributed by atoms with Crippen molar-refractivity contribution >= 4 is 5.91 Å². The molecule has 0 aromatic heterocycles. The molecule has 0 saturated carbocycles. The smallest absolute Gasteiger partial charge is 0.243 e. The zero-order valence-corrected chi connectivity index (χ0v) is 11.2. The van der Waals surface area contributed by atoms with Crippen LogP contribution >= 0.6 is 0 Å². The molecule has 1 spiro atoms. The highest BCUT2D eigenvalue weighted by molar-refractivity contribution is 5.84. The topological polar surface area (TPSA) is 35.6 Å². The maximum atomic E-state index is 12.3. The zero-order valence-electron chi connectivity index (χ0n) is 11.2. The van der Waals surface area contributed by atoms with Gasteiger partial charge in [-0.25, -0.2) is 0 Å². The van der Waals surface area contributed by atoms with E-state index in [1.165, 1.54) is 32.4 Å². The first-order valence-electron chi connectivity index (χ1n) is 7.06. The first-order valence-corrected chi connectivity index (χ1v) is 7.06. The molecule has 1 N–H and O–H groups in total. The van der Waals surface area contributed by atoms with Crippen molar-refractivity contribution in [1.29, 1.82) is 0 Å². The molecule has 0 radical (unpaired) electrons. The van der Waals surface area contributed by atoms with Gasteiger partial charge in [0.05, 0.1) is 0 Å². The summed E-state index contributed by atoms with van der Waals surface area (Å²) in [7, 11) is 2.19. The molecule has 1 unspecified atom stereocenters. The van der Waals surface area contributed by atoms with E-state index in [4.69, 9.17) is 0 Å². The van der Waals surface area contributed by atoms with Gasteiger partial charge >= 0.3 is 0 Å². The summed E-state index contributed by atoms with van der Waals surface area (Å²) in [5, 5.41) is 3.22. The van der Waals surface area contributed by atoms with Crippen molar-refractivity contribution in [3.05, 3.63) is 12.2 Å². The Labute approximate surface area is 109 Å². The molecule has 4 heteroatoms. The summed E-state index contributed by atoms with van der Waals surface area (Å²) in [4.78, 5) is 16.8. The lowest BCUT2D eigenvalue weighted by molar-refractivity contribution is -0.131. The van der Waals surface area contributed by atoms with Crippen LogP contribution in [0.2, 0.25) is 0 Å². The summed E-state index contributed by atoms with van der Waals surface area (Å²) < 4.78 is 0. The quantitative estimate of drug-likeness (QED) is 0.686. The van der Waals surface area contributed by atoms with Gasteiger partial charge < -0.3 is 9.80 Å². The Bertz CT molecular complexity index is 358. The molecule has 4 nitrogen and oxygen atoms in total. The number of carbonyl (C=O) groups excluding carboxylic acids is 1. The fraction of sp³-hybridized carbons (Fsp3) is 0.786.